The third kappa shape index (κ3) is 8.45. The first-order chi connectivity index (χ1) is 12.4. The standard InChI is InChI=1S/C19H31O6P/c1-16(8-11-20)14-24-19(22)10-13-26(23,18-6-4-3-5-7-18)25-15-17(2)9-12-21/h3-7,16-17,20-21H,8-15H2,1-2H3. The van der Waals surface area contributed by atoms with Crippen LogP contribution in [-0.2, 0) is 18.6 Å². The van der Waals surface area contributed by atoms with Crippen LogP contribution in [0.3, 0.4) is 0 Å². The van der Waals surface area contributed by atoms with Crippen molar-refractivity contribution < 1.29 is 28.8 Å². The van der Waals surface area contributed by atoms with E-state index in [2.05, 4.69) is 0 Å². The molecule has 0 saturated heterocycles. The van der Waals surface area contributed by atoms with Gasteiger partial charge in [0.25, 0.3) is 0 Å². The van der Waals surface area contributed by atoms with Crippen molar-refractivity contribution >= 4 is 18.6 Å². The van der Waals surface area contributed by atoms with Gasteiger partial charge in [0.15, 0.2) is 0 Å². The maximum Gasteiger partial charge on any atom is 0.306 e. The number of esters is 1. The Balaban J connectivity index is 2.65. The van der Waals surface area contributed by atoms with Crippen molar-refractivity contribution in [3.05, 3.63) is 30.3 Å². The zero-order chi connectivity index (χ0) is 19.4. The SMILES string of the molecule is CC(CCO)COC(=O)CCP(=O)(OCC(C)CCO)c1ccccc1. The quantitative estimate of drug-likeness (QED) is 0.400. The molecular formula is C19H31O6P. The Kier molecular flexibility index (Phi) is 10.7. The molecule has 7 heteroatoms. The first-order valence-corrected chi connectivity index (χ1v) is 10.9. The average molecular weight is 386 g/mol. The van der Waals surface area contributed by atoms with Gasteiger partial charge in [0, 0.05) is 24.7 Å². The molecule has 0 radical (unpaired) electrons. The summed E-state index contributed by atoms with van der Waals surface area (Å²) in [6.45, 7) is 4.42. The summed E-state index contributed by atoms with van der Waals surface area (Å²) >= 11 is 0. The second-order valence-corrected chi connectivity index (χ2v) is 9.26. The largest absolute Gasteiger partial charge is 0.465 e. The van der Waals surface area contributed by atoms with E-state index in [0.717, 1.165) is 0 Å². The van der Waals surface area contributed by atoms with Gasteiger partial charge in [-0.25, -0.2) is 0 Å². The van der Waals surface area contributed by atoms with E-state index in [1.165, 1.54) is 0 Å². The lowest BCUT2D eigenvalue weighted by Crippen LogP contribution is -2.18. The summed E-state index contributed by atoms with van der Waals surface area (Å²) in [4.78, 5) is 12.0. The van der Waals surface area contributed by atoms with Gasteiger partial charge in [-0.1, -0.05) is 32.0 Å². The molecule has 0 aromatic heterocycles. The molecule has 1 aromatic carbocycles. The molecule has 26 heavy (non-hydrogen) atoms. The minimum atomic E-state index is -3.19. The summed E-state index contributed by atoms with van der Waals surface area (Å²) in [5, 5.41) is 18.5. The zero-order valence-corrected chi connectivity index (χ0v) is 16.6. The average Bonchev–Trinajstić information content (AvgIpc) is 2.64. The summed E-state index contributed by atoms with van der Waals surface area (Å²) in [7, 11) is -3.19. The van der Waals surface area contributed by atoms with Crippen LogP contribution in [-0.4, -0.2) is 48.8 Å². The van der Waals surface area contributed by atoms with E-state index in [0.29, 0.717) is 18.1 Å². The fraction of sp³-hybridized carbons (Fsp3) is 0.632. The molecule has 148 valence electrons. The molecule has 0 aliphatic carbocycles. The third-order valence-corrected chi connectivity index (χ3v) is 6.56. The van der Waals surface area contributed by atoms with Gasteiger partial charge in [0.1, 0.15) is 0 Å². The number of aliphatic hydroxyl groups excluding tert-OH is 2. The first-order valence-electron chi connectivity index (χ1n) is 9.07. The lowest BCUT2D eigenvalue weighted by molar-refractivity contribution is -0.144. The first kappa shape index (κ1) is 22.8. The van der Waals surface area contributed by atoms with Crippen molar-refractivity contribution in [1.29, 1.82) is 0 Å². The lowest BCUT2D eigenvalue weighted by atomic mass is 10.1. The number of hydrogen-bond acceptors (Lipinski definition) is 6. The molecule has 0 saturated carbocycles. The maximum absolute atomic E-state index is 13.3. The fourth-order valence-corrected chi connectivity index (χ4v) is 4.46. The van der Waals surface area contributed by atoms with E-state index < -0.39 is 13.3 Å². The Morgan fingerprint density at radius 1 is 1.04 bits per heavy atom. The van der Waals surface area contributed by atoms with Crippen molar-refractivity contribution in [3.63, 3.8) is 0 Å². The molecule has 2 N–H and O–H groups in total. The van der Waals surface area contributed by atoms with Crippen molar-refractivity contribution in [2.45, 2.75) is 33.1 Å². The predicted octanol–water partition coefficient (Wildman–Crippen LogP) is 2.58. The topological polar surface area (TPSA) is 93.1 Å². The fourth-order valence-electron chi connectivity index (χ4n) is 2.32. The van der Waals surface area contributed by atoms with E-state index >= 15 is 0 Å². The zero-order valence-electron chi connectivity index (χ0n) is 15.7. The van der Waals surface area contributed by atoms with Gasteiger partial charge in [-0.2, -0.15) is 0 Å². The van der Waals surface area contributed by atoms with E-state index in [1.54, 1.807) is 24.3 Å². The Morgan fingerprint density at radius 2 is 1.62 bits per heavy atom. The molecule has 1 rings (SSSR count). The Morgan fingerprint density at radius 3 is 2.19 bits per heavy atom. The third-order valence-electron chi connectivity index (χ3n) is 4.10. The van der Waals surface area contributed by atoms with Gasteiger partial charge >= 0.3 is 5.97 Å². The van der Waals surface area contributed by atoms with Gasteiger partial charge in [-0.15, -0.1) is 0 Å². The van der Waals surface area contributed by atoms with Crippen LogP contribution in [0.1, 0.15) is 33.1 Å². The normalized spacial score (nSPS) is 15.8. The highest BCUT2D eigenvalue weighted by Crippen LogP contribution is 2.46. The van der Waals surface area contributed by atoms with Gasteiger partial charge < -0.3 is 19.5 Å². The molecule has 0 fully saturated rings. The second-order valence-electron chi connectivity index (χ2n) is 6.70. The van der Waals surface area contributed by atoms with Crippen LogP contribution >= 0.6 is 7.37 Å². The summed E-state index contributed by atoms with van der Waals surface area (Å²) < 4.78 is 24.3. The molecule has 0 aliphatic rings. The molecule has 0 amide bonds. The van der Waals surface area contributed by atoms with E-state index in [4.69, 9.17) is 19.5 Å². The number of hydrogen-bond donors (Lipinski definition) is 2. The molecule has 6 nitrogen and oxygen atoms in total. The molecule has 3 atom stereocenters. The van der Waals surface area contributed by atoms with Crippen LogP contribution < -0.4 is 5.30 Å². The number of aliphatic hydroxyl groups is 2. The van der Waals surface area contributed by atoms with E-state index in [9.17, 15) is 9.36 Å². The van der Waals surface area contributed by atoms with Crippen molar-refractivity contribution in [2.75, 3.05) is 32.6 Å². The molecule has 0 heterocycles. The van der Waals surface area contributed by atoms with Gasteiger partial charge in [0.05, 0.1) is 19.6 Å². The van der Waals surface area contributed by atoms with Crippen molar-refractivity contribution in [2.24, 2.45) is 11.8 Å². The van der Waals surface area contributed by atoms with Gasteiger partial charge in [-0.05, 0) is 36.8 Å². The smallest absolute Gasteiger partial charge is 0.306 e. The molecule has 0 spiro atoms. The molecule has 3 unspecified atom stereocenters. The summed E-state index contributed by atoms with van der Waals surface area (Å²) in [5.74, 6) is -0.262. The summed E-state index contributed by atoms with van der Waals surface area (Å²) in [5.41, 5.74) is 0. The highest BCUT2D eigenvalue weighted by molar-refractivity contribution is 7.67. The van der Waals surface area contributed by atoms with E-state index in [1.807, 2.05) is 19.9 Å². The van der Waals surface area contributed by atoms with Gasteiger partial charge in [0.2, 0.25) is 7.37 Å². The number of ether oxygens (including phenoxy) is 1. The Hall–Kier alpha value is -1.20. The van der Waals surface area contributed by atoms with Crippen LogP contribution in [0, 0.1) is 11.8 Å². The van der Waals surface area contributed by atoms with Crippen molar-refractivity contribution in [1.82, 2.24) is 0 Å². The minimum Gasteiger partial charge on any atom is -0.465 e. The van der Waals surface area contributed by atoms with Crippen LogP contribution in [0.2, 0.25) is 0 Å². The number of carbonyl (C=O) groups excluding carboxylic acids is 1. The highest BCUT2D eigenvalue weighted by Gasteiger charge is 2.28. The Labute approximate surface area is 156 Å². The van der Waals surface area contributed by atoms with Crippen molar-refractivity contribution in [3.8, 4) is 0 Å². The van der Waals surface area contributed by atoms with Crippen LogP contribution in [0.5, 0.6) is 0 Å². The lowest BCUT2D eigenvalue weighted by Gasteiger charge is -2.21. The van der Waals surface area contributed by atoms with Crippen LogP contribution in [0.25, 0.3) is 0 Å². The number of rotatable bonds is 13. The maximum atomic E-state index is 13.3. The van der Waals surface area contributed by atoms with Crippen LogP contribution in [0.4, 0.5) is 0 Å². The summed E-state index contributed by atoms with van der Waals surface area (Å²) in [6.07, 6.45) is 1.23. The predicted molar refractivity (Wildman–Crippen MR) is 102 cm³/mol. The minimum absolute atomic E-state index is 0.00635. The van der Waals surface area contributed by atoms with Crippen LogP contribution in [0.15, 0.2) is 30.3 Å². The Bertz CT molecular complexity index is 562. The second kappa shape index (κ2) is 12.2. The number of carbonyl (C=O) groups is 1. The van der Waals surface area contributed by atoms with E-state index in [-0.39, 0.29) is 50.8 Å². The monoisotopic (exact) mass is 386 g/mol. The van der Waals surface area contributed by atoms with Gasteiger partial charge in [-0.3, -0.25) is 9.36 Å². The number of benzene rings is 1. The highest BCUT2D eigenvalue weighted by atomic mass is 31.2. The molecule has 0 bridgehead atoms. The molecule has 1 aromatic rings. The summed E-state index contributed by atoms with van der Waals surface area (Å²) in [6, 6.07) is 8.89. The molecule has 0 aliphatic heterocycles. The molecular weight excluding hydrogens is 355 g/mol.